The first-order valence-corrected chi connectivity index (χ1v) is 9.31. The topological polar surface area (TPSA) is 71.3 Å². The average Bonchev–Trinajstić information content (AvgIpc) is 3.26. The fourth-order valence-corrected chi connectivity index (χ4v) is 2.73. The number of rotatable bonds is 7. The van der Waals surface area contributed by atoms with Crippen LogP contribution in [-0.2, 0) is 11.3 Å². The number of halogens is 1. The Morgan fingerprint density at radius 3 is 2.45 bits per heavy atom. The van der Waals surface area contributed by atoms with Gasteiger partial charge in [0.25, 0.3) is 11.8 Å². The summed E-state index contributed by atoms with van der Waals surface area (Å²) in [7, 11) is 0. The molecule has 1 aromatic heterocycles. The minimum atomic E-state index is -0.469. The average molecular weight is 407 g/mol. The van der Waals surface area contributed by atoms with E-state index < -0.39 is 11.8 Å². The van der Waals surface area contributed by atoms with Crippen LogP contribution in [0.5, 0.6) is 0 Å². The van der Waals surface area contributed by atoms with Gasteiger partial charge in [-0.3, -0.25) is 9.59 Å². The summed E-state index contributed by atoms with van der Waals surface area (Å²) >= 11 is 6.09. The van der Waals surface area contributed by atoms with Gasteiger partial charge >= 0.3 is 0 Å². The molecular formula is C23H19ClN2O3. The van der Waals surface area contributed by atoms with Crippen LogP contribution in [0.4, 0.5) is 0 Å². The van der Waals surface area contributed by atoms with Crippen molar-refractivity contribution in [2.24, 2.45) is 0 Å². The van der Waals surface area contributed by atoms with Crippen LogP contribution in [0.1, 0.15) is 21.7 Å². The second kappa shape index (κ2) is 10.1. The van der Waals surface area contributed by atoms with Gasteiger partial charge in [0.1, 0.15) is 11.5 Å². The maximum atomic E-state index is 12.6. The van der Waals surface area contributed by atoms with Gasteiger partial charge in [-0.2, -0.15) is 0 Å². The molecular weight excluding hydrogens is 388 g/mol. The summed E-state index contributed by atoms with van der Waals surface area (Å²) in [5.74, 6) is -0.308. The molecule has 0 aliphatic carbocycles. The van der Waals surface area contributed by atoms with Crippen molar-refractivity contribution >= 4 is 29.5 Å². The number of hydrogen-bond acceptors (Lipinski definition) is 3. The van der Waals surface area contributed by atoms with Gasteiger partial charge in [0, 0.05) is 0 Å². The first-order chi connectivity index (χ1) is 14.1. The van der Waals surface area contributed by atoms with Crippen LogP contribution in [0, 0.1) is 0 Å². The minimum Gasteiger partial charge on any atom is -0.467 e. The Bertz CT molecular complexity index is 1030. The van der Waals surface area contributed by atoms with Crippen LogP contribution in [0.25, 0.3) is 6.08 Å². The zero-order valence-corrected chi connectivity index (χ0v) is 16.2. The number of hydrogen-bond donors (Lipinski definition) is 2. The molecule has 29 heavy (non-hydrogen) atoms. The van der Waals surface area contributed by atoms with Crippen LogP contribution in [-0.4, -0.2) is 11.8 Å². The lowest BCUT2D eigenvalue weighted by Gasteiger charge is -2.10. The summed E-state index contributed by atoms with van der Waals surface area (Å²) in [6, 6.07) is 19.8. The molecule has 0 atom stereocenters. The van der Waals surface area contributed by atoms with E-state index in [1.165, 1.54) is 6.26 Å². The molecule has 3 rings (SSSR count). The third-order valence-corrected chi connectivity index (χ3v) is 4.30. The van der Waals surface area contributed by atoms with E-state index in [9.17, 15) is 9.59 Å². The summed E-state index contributed by atoms with van der Waals surface area (Å²) in [6.45, 7) is 0.202. The molecule has 0 aliphatic rings. The maximum absolute atomic E-state index is 12.6. The van der Waals surface area contributed by atoms with Gasteiger partial charge in [0.2, 0.25) is 0 Å². The van der Waals surface area contributed by atoms with Crippen molar-refractivity contribution in [3.05, 3.63) is 113 Å². The highest BCUT2D eigenvalue weighted by Crippen LogP contribution is 2.15. The highest BCUT2D eigenvalue weighted by molar-refractivity contribution is 6.34. The SMILES string of the molecule is O=C(NCc1ccco1)/C(=C/C=C/c1ccccc1)NC(=O)c1ccccc1Cl. The van der Waals surface area contributed by atoms with E-state index in [1.54, 1.807) is 48.6 Å². The molecule has 5 nitrogen and oxygen atoms in total. The molecule has 0 radical (unpaired) electrons. The zero-order chi connectivity index (χ0) is 20.5. The van der Waals surface area contributed by atoms with Gasteiger partial charge in [0.15, 0.2) is 0 Å². The van der Waals surface area contributed by atoms with E-state index in [0.29, 0.717) is 10.8 Å². The lowest BCUT2D eigenvalue weighted by molar-refractivity contribution is -0.118. The lowest BCUT2D eigenvalue weighted by Crippen LogP contribution is -2.34. The Balaban J connectivity index is 1.77. The fourth-order valence-electron chi connectivity index (χ4n) is 2.50. The Labute approximate surface area is 173 Å². The number of carbonyl (C=O) groups excluding carboxylic acids is 2. The lowest BCUT2D eigenvalue weighted by atomic mass is 10.2. The predicted molar refractivity (Wildman–Crippen MR) is 113 cm³/mol. The molecule has 6 heteroatoms. The van der Waals surface area contributed by atoms with E-state index in [1.807, 2.05) is 36.4 Å². The van der Waals surface area contributed by atoms with Gasteiger partial charge < -0.3 is 15.1 Å². The molecule has 0 spiro atoms. The van der Waals surface area contributed by atoms with Crippen LogP contribution < -0.4 is 10.6 Å². The molecule has 0 unspecified atom stereocenters. The highest BCUT2D eigenvalue weighted by Gasteiger charge is 2.16. The minimum absolute atomic E-state index is 0.0913. The number of nitrogens with one attached hydrogen (secondary N) is 2. The second-order valence-electron chi connectivity index (χ2n) is 6.05. The Morgan fingerprint density at radius 2 is 1.72 bits per heavy atom. The van der Waals surface area contributed by atoms with Gasteiger partial charge in [-0.1, -0.05) is 66.2 Å². The third-order valence-electron chi connectivity index (χ3n) is 3.97. The standard InChI is InChI=1S/C23H19ClN2O3/c24-20-13-5-4-12-19(20)22(27)26-21(14-6-10-17-8-2-1-3-9-17)23(28)25-16-18-11-7-15-29-18/h1-15H,16H2,(H,25,28)(H,26,27)/b10-6+,21-14-. The fraction of sp³-hybridized carbons (Fsp3) is 0.0435. The molecule has 0 fully saturated rings. The van der Waals surface area contributed by atoms with Crippen molar-refractivity contribution in [1.82, 2.24) is 10.6 Å². The molecule has 2 amide bonds. The molecule has 1 heterocycles. The van der Waals surface area contributed by atoms with E-state index in [2.05, 4.69) is 10.6 Å². The number of amides is 2. The van der Waals surface area contributed by atoms with E-state index in [4.69, 9.17) is 16.0 Å². The monoisotopic (exact) mass is 406 g/mol. The summed E-state index contributed by atoms with van der Waals surface area (Å²) in [5, 5.41) is 5.66. The van der Waals surface area contributed by atoms with Crippen molar-refractivity contribution < 1.29 is 14.0 Å². The van der Waals surface area contributed by atoms with E-state index in [-0.39, 0.29) is 17.8 Å². The van der Waals surface area contributed by atoms with Crippen molar-refractivity contribution in [3.8, 4) is 0 Å². The first kappa shape index (κ1) is 20.2. The zero-order valence-electron chi connectivity index (χ0n) is 15.5. The first-order valence-electron chi connectivity index (χ1n) is 8.93. The van der Waals surface area contributed by atoms with Crippen molar-refractivity contribution in [1.29, 1.82) is 0 Å². The summed E-state index contributed by atoms with van der Waals surface area (Å²) in [4.78, 5) is 25.2. The van der Waals surface area contributed by atoms with E-state index in [0.717, 1.165) is 5.56 Å². The summed E-state index contributed by atoms with van der Waals surface area (Å²) in [5.41, 5.74) is 1.34. The third kappa shape index (κ3) is 5.96. The van der Waals surface area contributed by atoms with Gasteiger partial charge in [-0.05, 0) is 35.9 Å². The normalized spacial score (nSPS) is 11.4. The molecule has 3 aromatic rings. The molecule has 0 saturated heterocycles. The van der Waals surface area contributed by atoms with Crippen molar-refractivity contribution in [2.75, 3.05) is 0 Å². The van der Waals surface area contributed by atoms with E-state index >= 15 is 0 Å². The Hall–Kier alpha value is -3.57. The molecule has 0 saturated carbocycles. The quantitative estimate of drug-likeness (QED) is 0.445. The van der Waals surface area contributed by atoms with Crippen LogP contribution in [0.3, 0.4) is 0 Å². The van der Waals surface area contributed by atoms with Crippen LogP contribution in [0.15, 0.2) is 95.3 Å². The number of allylic oxidation sites excluding steroid dienone is 2. The number of carbonyl (C=O) groups is 2. The van der Waals surface area contributed by atoms with Crippen molar-refractivity contribution in [2.45, 2.75) is 6.54 Å². The predicted octanol–water partition coefficient (Wildman–Crippen LogP) is 4.58. The van der Waals surface area contributed by atoms with Crippen LogP contribution >= 0.6 is 11.6 Å². The highest BCUT2D eigenvalue weighted by atomic mass is 35.5. The molecule has 2 aromatic carbocycles. The van der Waals surface area contributed by atoms with Crippen LogP contribution in [0.2, 0.25) is 5.02 Å². The number of furan rings is 1. The summed E-state index contributed by atoms with van der Waals surface area (Å²) < 4.78 is 5.22. The molecule has 0 aliphatic heterocycles. The van der Waals surface area contributed by atoms with Gasteiger partial charge in [-0.15, -0.1) is 0 Å². The van der Waals surface area contributed by atoms with Crippen molar-refractivity contribution in [3.63, 3.8) is 0 Å². The number of benzene rings is 2. The maximum Gasteiger partial charge on any atom is 0.268 e. The second-order valence-corrected chi connectivity index (χ2v) is 6.45. The summed E-state index contributed by atoms with van der Waals surface area (Å²) in [6.07, 6.45) is 6.60. The molecule has 0 bridgehead atoms. The van der Waals surface area contributed by atoms with Gasteiger partial charge in [0.05, 0.1) is 23.4 Å². The molecule has 146 valence electrons. The Morgan fingerprint density at radius 1 is 0.966 bits per heavy atom. The largest absolute Gasteiger partial charge is 0.467 e. The Kier molecular flexibility index (Phi) is 7.03. The molecule has 2 N–H and O–H groups in total. The smallest absolute Gasteiger partial charge is 0.268 e. The van der Waals surface area contributed by atoms with Gasteiger partial charge in [-0.25, -0.2) is 0 Å².